The summed E-state index contributed by atoms with van der Waals surface area (Å²) in [7, 11) is 3.45. The number of hydrogen-bond acceptors (Lipinski definition) is 10. The molecule has 0 atom stereocenters. The van der Waals surface area contributed by atoms with Gasteiger partial charge in [-0.05, 0) is 25.5 Å². The predicted molar refractivity (Wildman–Crippen MR) is 141 cm³/mol. The third-order valence-corrected chi connectivity index (χ3v) is 6.78. The summed E-state index contributed by atoms with van der Waals surface area (Å²) in [6.45, 7) is 7.35. The summed E-state index contributed by atoms with van der Waals surface area (Å²) in [5.74, 6) is 1.96. The molecule has 0 amide bonds. The van der Waals surface area contributed by atoms with Gasteiger partial charge in [0.2, 0.25) is 5.95 Å². The molecule has 10 heteroatoms. The van der Waals surface area contributed by atoms with Crippen LogP contribution in [0.5, 0.6) is 11.5 Å². The Morgan fingerprint density at radius 1 is 1.31 bits per heavy atom. The number of ether oxygens (including phenoxy) is 3. The Balaban J connectivity index is 1.53. The number of methoxy groups -OCH3 is 1. The number of fused-ring (bicyclic) bond motifs is 1. The van der Waals surface area contributed by atoms with E-state index in [2.05, 4.69) is 27.4 Å². The van der Waals surface area contributed by atoms with Gasteiger partial charge in [-0.1, -0.05) is 0 Å². The summed E-state index contributed by atoms with van der Waals surface area (Å²) in [4.78, 5) is 12.7. The van der Waals surface area contributed by atoms with Crippen LogP contribution in [-0.4, -0.2) is 74.7 Å². The van der Waals surface area contributed by atoms with Crippen molar-refractivity contribution in [2.24, 2.45) is 0 Å². The highest BCUT2D eigenvalue weighted by Crippen LogP contribution is 2.42. The van der Waals surface area contributed by atoms with Gasteiger partial charge in [0.05, 0.1) is 49.0 Å². The minimum atomic E-state index is 0.431. The zero-order valence-electron chi connectivity index (χ0n) is 20.4. The van der Waals surface area contributed by atoms with Crippen LogP contribution in [0.2, 0.25) is 0 Å². The minimum absolute atomic E-state index is 0.431. The van der Waals surface area contributed by atoms with Crippen LogP contribution in [0.1, 0.15) is 11.3 Å². The fourth-order valence-electron chi connectivity index (χ4n) is 4.05. The van der Waals surface area contributed by atoms with E-state index in [9.17, 15) is 0 Å². The van der Waals surface area contributed by atoms with Crippen molar-refractivity contribution in [1.82, 2.24) is 20.2 Å². The molecule has 1 aliphatic rings. The first-order valence-corrected chi connectivity index (χ1v) is 12.5. The largest absolute Gasteiger partial charge is 0.496 e. The molecule has 35 heavy (non-hydrogen) atoms. The standard InChI is InChI=1S/C25H32N6O3S/c1-17-23(24-22(35-17)16-28-25(30-24)29-18(14-26)15-27-2)20-6-5-19(13-21(20)32-3)34-10-4-7-31-8-11-33-12-9-31/h5-6,13-16,26-27H,4,7-12H2,1-3H3,(H,28,29,30)/b18-15+,26-14?. The second kappa shape index (κ2) is 12.0. The van der Waals surface area contributed by atoms with Crippen molar-refractivity contribution in [3.63, 3.8) is 0 Å². The first-order valence-electron chi connectivity index (χ1n) is 11.6. The Bertz CT molecular complexity index is 1190. The zero-order valence-corrected chi connectivity index (χ0v) is 21.2. The number of aromatic nitrogens is 2. The lowest BCUT2D eigenvalue weighted by Gasteiger charge is -2.26. The van der Waals surface area contributed by atoms with E-state index in [-0.39, 0.29) is 0 Å². The molecule has 4 rings (SSSR count). The van der Waals surface area contributed by atoms with Crippen LogP contribution in [0, 0.1) is 12.3 Å². The normalized spacial score (nSPS) is 14.7. The number of anilines is 1. The zero-order chi connectivity index (χ0) is 24.6. The molecule has 0 radical (unpaired) electrons. The van der Waals surface area contributed by atoms with E-state index in [0.717, 1.165) is 77.0 Å². The van der Waals surface area contributed by atoms with Crippen LogP contribution in [-0.2, 0) is 4.74 Å². The number of morpholine rings is 1. The lowest BCUT2D eigenvalue weighted by atomic mass is 10.0. The Hall–Kier alpha value is -3.21. The molecular weight excluding hydrogens is 464 g/mol. The number of nitrogens with one attached hydrogen (secondary N) is 3. The summed E-state index contributed by atoms with van der Waals surface area (Å²) in [6, 6.07) is 5.96. The first-order chi connectivity index (χ1) is 17.1. The van der Waals surface area contributed by atoms with Gasteiger partial charge in [-0.3, -0.25) is 4.90 Å². The van der Waals surface area contributed by atoms with E-state index in [0.29, 0.717) is 18.3 Å². The second-order valence-corrected chi connectivity index (χ2v) is 9.37. The van der Waals surface area contributed by atoms with Crippen LogP contribution in [0.25, 0.3) is 21.3 Å². The quantitative estimate of drug-likeness (QED) is 0.271. The fourth-order valence-corrected chi connectivity index (χ4v) is 5.04. The van der Waals surface area contributed by atoms with E-state index in [1.807, 2.05) is 24.4 Å². The Kier molecular flexibility index (Phi) is 8.51. The van der Waals surface area contributed by atoms with Crippen molar-refractivity contribution >= 4 is 33.7 Å². The number of rotatable bonds is 11. The van der Waals surface area contributed by atoms with Crippen LogP contribution in [0.15, 0.2) is 36.3 Å². The van der Waals surface area contributed by atoms with Crippen molar-refractivity contribution in [3.05, 3.63) is 41.2 Å². The lowest BCUT2D eigenvalue weighted by Crippen LogP contribution is -2.37. The van der Waals surface area contributed by atoms with Gasteiger partial charge in [-0.2, -0.15) is 0 Å². The average molecular weight is 497 g/mol. The number of thiophene rings is 1. The summed E-state index contributed by atoms with van der Waals surface area (Å²) < 4.78 is 18.2. The molecule has 3 heterocycles. The molecule has 0 unspecified atom stereocenters. The molecule has 2 aromatic heterocycles. The molecule has 3 N–H and O–H groups in total. The van der Waals surface area contributed by atoms with Gasteiger partial charge in [0, 0.05) is 61.2 Å². The molecule has 0 saturated carbocycles. The highest BCUT2D eigenvalue weighted by Gasteiger charge is 2.18. The van der Waals surface area contributed by atoms with Crippen molar-refractivity contribution in [2.75, 3.05) is 58.9 Å². The Morgan fingerprint density at radius 3 is 2.89 bits per heavy atom. The molecule has 1 fully saturated rings. The lowest BCUT2D eigenvalue weighted by molar-refractivity contribution is 0.0358. The molecule has 1 aliphatic heterocycles. The van der Waals surface area contributed by atoms with Crippen LogP contribution >= 0.6 is 11.3 Å². The molecule has 0 spiro atoms. The molecule has 0 aliphatic carbocycles. The molecule has 186 valence electrons. The van der Waals surface area contributed by atoms with E-state index >= 15 is 0 Å². The van der Waals surface area contributed by atoms with Gasteiger partial charge in [0.1, 0.15) is 11.5 Å². The summed E-state index contributed by atoms with van der Waals surface area (Å²) in [5, 5.41) is 13.5. The monoisotopic (exact) mass is 496 g/mol. The number of nitrogens with zero attached hydrogens (tertiary/aromatic N) is 3. The van der Waals surface area contributed by atoms with E-state index in [4.69, 9.17) is 24.6 Å². The number of hydrogen-bond donors (Lipinski definition) is 3. The smallest absolute Gasteiger partial charge is 0.227 e. The highest BCUT2D eigenvalue weighted by atomic mass is 32.1. The van der Waals surface area contributed by atoms with Gasteiger partial charge < -0.3 is 30.3 Å². The third kappa shape index (κ3) is 6.08. The second-order valence-electron chi connectivity index (χ2n) is 8.12. The Labute approximate surface area is 209 Å². The van der Waals surface area contributed by atoms with Gasteiger partial charge in [0.25, 0.3) is 0 Å². The average Bonchev–Trinajstić information content (AvgIpc) is 3.21. The summed E-state index contributed by atoms with van der Waals surface area (Å²) >= 11 is 1.65. The number of benzene rings is 1. The predicted octanol–water partition coefficient (Wildman–Crippen LogP) is 3.90. The van der Waals surface area contributed by atoms with E-state index in [1.54, 1.807) is 31.7 Å². The molecule has 9 nitrogen and oxygen atoms in total. The topological polar surface area (TPSA) is 105 Å². The third-order valence-electron chi connectivity index (χ3n) is 5.75. The maximum absolute atomic E-state index is 7.56. The van der Waals surface area contributed by atoms with Crippen molar-refractivity contribution in [3.8, 4) is 22.6 Å². The minimum Gasteiger partial charge on any atom is -0.496 e. The van der Waals surface area contributed by atoms with Gasteiger partial charge >= 0.3 is 0 Å². The highest BCUT2D eigenvalue weighted by molar-refractivity contribution is 7.19. The Morgan fingerprint density at radius 2 is 2.14 bits per heavy atom. The van der Waals surface area contributed by atoms with Gasteiger partial charge in [0.15, 0.2) is 0 Å². The molecule has 0 bridgehead atoms. The number of aryl methyl sites for hydroxylation is 1. The SMILES string of the molecule is CN/C=C(\C=N)Nc1ncc2sc(C)c(-c3ccc(OCCCN4CCOCC4)cc3OC)c2n1. The molecular formula is C25H32N6O3S. The molecule has 3 aromatic rings. The van der Waals surface area contributed by atoms with Crippen molar-refractivity contribution < 1.29 is 14.2 Å². The first kappa shape index (κ1) is 24.9. The summed E-state index contributed by atoms with van der Waals surface area (Å²) in [6.07, 6.45) is 5.67. The fraction of sp³-hybridized carbons (Fsp3) is 0.400. The number of allylic oxidation sites excluding steroid dienone is 1. The molecule has 1 saturated heterocycles. The maximum Gasteiger partial charge on any atom is 0.227 e. The van der Waals surface area contributed by atoms with Crippen molar-refractivity contribution in [1.29, 1.82) is 5.41 Å². The van der Waals surface area contributed by atoms with Crippen molar-refractivity contribution in [2.45, 2.75) is 13.3 Å². The van der Waals surface area contributed by atoms with Gasteiger partial charge in [-0.15, -0.1) is 11.3 Å². The molecule has 1 aromatic carbocycles. The summed E-state index contributed by atoms with van der Waals surface area (Å²) in [5.41, 5.74) is 3.38. The van der Waals surface area contributed by atoms with Crippen LogP contribution < -0.4 is 20.1 Å². The maximum atomic E-state index is 7.56. The van der Waals surface area contributed by atoms with Crippen LogP contribution in [0.4, 0.5) is 5.95 Å². The van der Waals surface area contributed by atoms with Gasteiger partial charge in [-0.25, -0.2) is 9.97 Å². The van der Waals surface area contributed by atoms with Crippen LogP contribution in [0.3, 0.4) is 0 Å². The van der Waals surface area contributed by atoms with E-state index in [1.165, 1.54) is 6.21 Å². The van der Waals surface area contributed by atoms with E-state index < -0.39 is 0 Å².